The summed E-state index contributed by atoms with van der Waals surface area (Å²) in [5, 5.41) is 9.60. The van der Waals surface area contributed by atoms with Gasteiger partial charge < -0.3 is 9.84 Å². The summed E-state index contributed by atoms with van der Waals surface area (Å²) in [6.07, 6.45) is 6.99. The van der Waals surface area contributed by atoms with Gasteiger partial charge in [-0.05, 0) is 44.4 Å². The molecule has 1 N–H and O–H groups in total. The van der Waals surface area contributed by atoms with Crippen LogP contribution in [0.4, 0.5) is 0 Å². The van der Waals surface area contributed by atoms with Crippen molar-refractivity contribution in [3.63, 3.8) is 0 Å². The maximum absolute atomic E-state index is 11.2. The third-order valence-electron chi connectivity index (χ3n) is 4.64. The minimum atomic E-state index is -0.291. The van der Waals surface area contributed by atoms with Crippen molar-refractivity contribution in [3.8, 4) is 0 Å². The third kappa shape index (κ3) is 2.46. The van der Waals surface area contributed by atoms with Crippen molar-refractivity contribution in [2.75, 3.05) is 0 Å². The summed E-state index contributed by atoms with van der Waals surface area (Å²) in [6, 6.07) is 0. The van der Waals surface area contributed by atoms with E-state index in [9.17, 15) is 9.90 Å². The number of carbonyl (C=O) groups is 1. The number of aliphatic hydroxyl groups excluding tert-OH is 1. The maximum atomic E-state index is 11.2. The summed E-state index contributed by atoms with van der Waals surface area (Å²) in [6.45, 7) is 5.60. The number of rotatable bonds is 3. The maximum Gasteiger partial charge on any atom is 0.302 e. The Morgan fingerprint density at radius 3 is 3.00 bits per heavy atom. The van der Waals surface area contributed by atoms with E-state index in [0.717, 1.165) is 32.1 Å². The zero-order valence-corrected chi connectivity index (χ0v) is 11.6. The summed E-state index contributed by atoms with van der Waals surface area (Å²) in [7, 11) is 0. The standard InChI is InChI=1S/C15H24O3/c1-10(16)9-12-6-7-13-14(18-11(2)17)5-4-8-15(12,13)3/h6,10,13-14,16H,4-5,7-9H2,1-3H3. The third-order valence-corrected chi connectivity index (χ3v) is 4.64. The molecule has 0 spiro atoms. The molecule has 0 aromatic carbocycles. The first-order valence-electron chi connectivity index (χ1n) is 6.98. The van der Waals surface area contributed by atoms with Gasteiger partial charge in [0.2, 0.25) is 0 Å². The number of hydrogen-bond acceptors (Lipinski definition) is 3. The first-order valence-corrected chi connectivity index (χ1v) is 6.98. The van der Waals surface area contributed by atoms with Gasteiger partial charge in [-0.3, -0.25) is 4.79 Å². The molecule has 1 fully saturated rings. The molecule has 4 unspecified atom stereocenters. The van der Waals surface area contributed by atoms with E-state index in [1.54, 1.807) is 0 Å². The van der Waals surface area contributed by atoms with Crippen molar-refractivity contribution in [2.24, 2.45) is 11.3 Å². The van der Waals surface area contributed by atoms with Crippen LogP contribution in [0.2, 0.25) is 0 Å². The summed E-state index contributed by atoms with van der Waals surface area (Å²) >= 11 is 0. The largest absolute Gasteiger partial charge is 0.462 e. The van der Waals surface area contributed by atoms with Gasteiger partial charge in [-0.15, -0.1) is 0 Å². The van der Waals surface area contributed by atoms with Gasteiger partial charge in [-0.2, -0.15) is 0 Å². The molecule has 2 rings (SSSR count). The van der Waals surface area contributed by atoms with Crippen molar-refractivity contribution in [2.45, 2.75) is 65.1 Å². The molecule has 1 saturated carbocycles. The Balaban J connectivity index is 2.13. The molecule has 0 aromatic heterocycles. The Morgan fingerprint density at radius 1 is 1.67 bits per heavy atom. The predicted molar refractivity (Wildman–Crippen MR) is 70.0 cm³/mol. The number of fused-ring (bicyclic) bond motifs is 1. The lowest BCUT2D eigenvalue weighted by Crippen LogP contribution is -2.41. The van der Waals surface area contributed by atoms with Crippen molar-refractivity contribution >= 4 is 5.97 Å². The van der Waals surface area contributed by atoms with Gasteiger partial charge in [0.05, 0.1) is 6.10 Å². The van der Waals surface area contributed by atoms with E-state index in [4.69, 9.17) is 4.74 Å². The van der Waals surface area contributed by atoms with Crippen molar-refractivity contribution in [3.05, 3.63) is 11.6 Å². The van der Waals surface area contributed by atoms with Gasteiger partial charge in [0.15, 0.2) is 0 Å². The Hall–Kier alpha value is -0.830. The minimum Gasteiger partial charge on any atom is -0.462 e. The number of ether oxygens (including phenoxy) is 1. The number of hydrogen-bond donors (Lipinski definition) is 1. The zero-order valence-electron chi connectivity index (χ0n) is 11.6. The molecule has 0 bridgehead atoms. The van der Waals surface area contributed by atoms with Gasteiger partial charge >= 0.3 is 5.97 Å². The van der Waals surface area contributed by atoms with E-state index in [1.165, 1.54) is 12.5 Å². The van der Waals surface area contributed by atoms with E-state index in [2.05, 4.69) is 13.0 Å². The SMILES string of the molecule is CC(=O)OC1CCCC2(C)C(CC(C)O)=CCC12. The Bertz CT molecular complexity index is 359. The smallest absolute Gasteiger partial charge is 0.302 e. The van der Waals surface area contributed by atoms with Crippen LogP contribution in [0.3, 0.4) is 0 Å². The van der Waals surface area contributed by atoms with E-state index in [0.29, 0.717) is 5.92 Å². The summed E-state index contributed by atoms with van der Waals surface area (Å²) in [4.78, 5) is 11.2. The van der Waals surface area contributed by atoms with Crippen LogP contribution in [0.25, 0.3) is 0 Å². The highest BCUT2D eigenvalue weighted by atomic mass is 16.5. The lowest BCUT2D eigenvalue weighted by molar-refractivity contribution is -0.153. The van der Waals surface area contributed by atoms with Gasteiger partial charge in [0.1, 0.15) is 6.10 Å². The van der Waals surface area contributed by atoms with E-state index >= 15 is 0 Å². The van der Waals surface area contributed by atoms with Crippen LogP contribution in [0.1, 0.15) is 52.9 Å². The zero-order chi connectivity index (χ0) is 13.3. The molecule has 3 nitrogen and oxygen atoms in total. The van der Waals surface area contributed by atoms with E-state index in [-0.39, 0.29) is 23.6 Å². The normalized spacial score (nSPS) is 36.8. The fourth-order valence-electron chi connectivity index (χ4n) is 3.77. The monoisotopic (exact) mass is 252 g/mol. The van der Waals surface area contributed by atoms with Gasteiger partial charge in [-0.1, -0.05) is 18.6 Å². The molecule has 0 heterocycles. The van der Waals surface area contributed by atoms with Crippen LogP contribution in [-0.2, 0) is 9.53 Å². The second kappa shape index (κ2) is 5.04. The van der Waals surface area contributed by atoms with E-state index in [1.807, 2.05) is 6.92 Å². The van der Waals surface area contributed by atoms with Crippen LogP contribution >= 0.6 is 0 Å². The van der Waals surface area contributed by atoms with Gasteiger partial charge in [-0.25, -0.2) is 0 Å². The molecule has 0 radical (unpaired) electrons. The fourth-order valence-corrected chi connectivity index (χ4v) is 3.77. The number of allylic oxidation sites excluding steroid dienone is 1. The summed E-state index contributed by atoms with van der Waals surface area (Å²) < 4.78 is 5.49. The second-order valence-electron chi connectivity index (χ2n) is 6.08. The van der Waals surface area contributed by atoms with Crippen molar-refractivity contribution < 1.29 is 14.6 Å². The molecule has 2 aliphatic rings. The van der Waals surface area contributed by atoms with Gasteiger partial charge in [0, 0.05) is 12.8 Å². The molecular formula is C15H24O3. The van der Waals surface area contributed by atoms with Crippen molar-refractivity contribution in [1.82, 2.24) is 0 Å². The Morgan fingerprint density at radius 2 is 2.39 bits per heavy atom. The molecule has 0 aliphatic heterocycles. The molecule has 0 amide bonds. The van der Waals surface area contributed by atoms with Crippen molar-refractivity contribution in [1.29, 1.82) is 0 Å². The summed E-state index contributed by atoms with van der Waals surface area (Å²) in [5.74, 6) is 0.233. The van der Waals surface area contributed by atoms with Crippen LogP contribution in [0.5, 0.6) is 0 Å². The molecular weight excluding hydrogens is 228 g/mol. The average molecular weight is 252 g/mol. The Labute approximate surface area is 109 Å². The van der Waals surface area contributed by atoms with Crippen LogP contribution < -0.4 is 0 Å². The Kier molecular flexibility index (Phi) is 3.81. The highest BCUT2D eigenvalue weighted by Crippen LogP contribution is 2.54. The number of aliphatic hydroxyl groups is 1. The average Bonchev–Trinajstić information content (AvgIpc) is 2.55. The molecule has 0 saturated heterocycles. The van der Waals surface area contributed by atoms with Gasteiger partial charge in [0.25, 0.3) is 0 Å². The quantitative estimate of drug-likeness (QED) is 0.620. The second-order valence-corrected chi connectivity index (χ2v) is 6.08. The van der Waals surface area contributed by atoms with Crippen LogP contribution in [0.15, 0.2) is 11.6 Å². The topological polar surface area (TPSA) is 46.5 Å². The lowest BCUT2D eigenvalue weighted by atomic mass is 9.64. The highest BCUT2D eigenvalue weighted by molar-refractivity contribution is 5.66. The molecule has 3 heteroatoms. The lowest BCUT2D eigenvalue weighted by Gasteiger charge is -2.43. The molecule has 102 valence electrons. The number of carbonyl (C=O) groups excluding carboxylic acids is 1. The van der Waals surface area contributed by atoms with Crippen LogP contribution in [-0.4, -0.2) is 23.3 Å². The minimum absolute atomic E-state index is 0.0593. The summed E-state index contributed by atoms with van der Waals surface area (Å²) in [5.41, 5.74) is 1.48. The van der Waals surface area contributed by atoms with Crippen LogP contribution in [0, 0.1) is 11.3 Å². The first kappa shape index (κ1) is 13.6. The van der Waals surface area contributed by atoms with E-state index < -0.39 is 0 Å². The first-order chi connectivity index (χ1) is 8.43. The molecule has 0 aromatic rings. The molecule has 18 heavy (non-hydrogen) atoms. The molecule has 2 aliphatic carbocycles. The predicted octanol–water partition coefficient (Wildman–Crippen LogP) is 2.83. The molecule has 4 atom stereocenters. The fraction of sp³-hybridized carbons (Fsp3) is 0.800. The number of esters is 1. The highest BCUT2D eigenvalue weighted by Gasteiger charge is 2.48.